The van der Waals surface area contributed by atoms with Crippen LogP contribution < -0.4 is 4.90 Å². The van der Waals surface area contributed by atoms with Gasteiger partial charge in [-0.15, -0.1) is 0 Å². The highest BCUT2D eigenvalue weighted by molar-refractivity contribution is 5.77. The van der Waals surface area contributed by atoms with Crippen LogP contribution in [0.5, 0.6) is 0 Å². The molecule has 1 saturated carbocycles. The first-order valence-electron chi connectivity index (χ1n) is 5.73. The van der Waals surface area contributed by atoms with Crippen molar-refractivity contribution in [1.82, 2.24) is 0 Å². The van der Waals surface area contributed by atoms with E-state index in [2.05, 4.69) is 0 Å². The maximum atomic E-state index is 11.1. The molecule has 1 fully saturated rings. The second kappa shape index (κ2) is 4.64. The van der Waals surface area contributed by atoms with Gasteiger partial charge in [0.05, 0.1) is 4.92 Å². The lowest BCUT2D eigenvalue weighted by Crippen LogP contribution is -2.32. The minimum Gasteiger partial charge on any atom is -0.480 e. The van der Waals surface area contributed by atoms with Crippen LogP contribution in [0.1, 0.15) is 18.4 Å². The average molecular weight is 250 g/mol. The maximum absolute atomic E-state index is 11.1. The number of hydrogen-bond acceptors (Lipinski definition) is 4. The minimum absolute atomic E-state index is 0.00523. The van der Waals surface area contributed by atoms with E-state index in [1.165, 1.54) is 0 Å². The average Bonchev–Trinajstić information content (AvgIpc) is 3.08. The second-order valence-electron chi connectivity index (χ2n) is 4.45. The molecule has 1 aromatic rings. The Morgan fingerprint density at radius 2 is 2.22 bits per heavy atom. The number of rotatable bonds is 5. The molecule has 2 rings (SSSR count). The van der Waals surface area contributed by atoms with Gasteiger partial charge < -0.3 is 10.0 Å². The van der Waals surface area contributed by atoms with Crippen molar-refractivity contribution in [3.8, 4) is 0 Å². The van der Waals surface area contributed by atoms with Crippen LogP contribution in [0.2, 0.25) is 0 Å². The van der Waals surface area contributed by atoms with E-state index in [-0.39, 0.29) is 18.3 Å². The van der Waals surface area contributed by atoms with Gasteiger partial charge in [0.25, 0.3) is 5.69 Å². The van der Waals surface area contributed by atoms with Gasteiger partial charge in [-0.2, -0.15) is 0 Å². The Morgan fingerprint density at radius 1 is 1.56 bits per heavy atom. The molecule has 0 heterocycles. The monoisotopic (exact) mass is 250 g/mol. The third kappa shape index (κ3) is 2.42. The molecule has 0 amide bonds. The van der Waals surface area contributed by atoms with Gasteiger partial charge in [0.2, 0.25) is 0 Å². The molecule has 0 saturated heterocycles. The predicted molar refractivity (Wildman–Crippen MR) is 65.8 cm³/mol. The number of carbonyl (C=O) groups is 1. The molecule has 0 spiro atoms. The largest absolute Gasteiger partial charge is 0.480 e. The number of anilines is 1. The summed E-state index contributed by atoms with van der Waals surface area (Å²) in [5.74, 6) is -0.974. The number of benzene rings is 1. The van der Waals surface area contributed by atoms with Crippen molar-refractivity contribution >= 4 is 17.3 Å². The first kappa shape index (κ1) is 12.3. The van der Waals surface area contributed by atoms with Gasteiger partial charge in [-0.05, 0) is 25.8 Å². The molecule has 0 aliphatic heterocycles. The zero-order chi connectivity index (χ0) is 13.3. The Balaban J connectivity index is 2.43. The summed E-state index contributed by atoms with van der Waals surface area (Å²) >= 11 is 0. The summed E-state index contributed by atoms with van der Waals surface area (Å²) in [7, 11) is 0. The summed E-state index contributed by atoms with van der Waals surface area (Å²) < 4.78 is 0. The van der Waals surface area contributed by atoms with Crippen LogP contribution >= 0.6 is 0 Å². The van der Waals surface area contributed by atoms with Crippen LogP contribution in [0.4, 0.5) is 11.4 Å². The zero-order valence-corrected chi connectivity index (χ0v) is 10.00. The predicted octanol–water partition coefficient (Wildman–Crippen LogP) is 1.96. The zero-order valence-electron chi connectivity index (χ0n) is 10.00. The molecule has 1 aromatic carbocycles. The van der Waals surface area contributed by atoms with E-state index in [4.69, 9.17) is 5.11 Å². The summed E-state index contributed by atoms with van der Waals surface area (Å²) in [6.45, 7) is 1.46. The summed E-state index contributed by atoms with van der Waals surface area (Å²) in [5, 5.41) is 20.0. The van der Waals surface area contributed by atoms with Gasteiger partial charge in [0.1, 0.15) is 12.2 Å². The van der Waals surface area contributed by atoms with Crippen molar-refractivity contribution in [2.45, 2.75) is 25.8 Å². The smallest absolute Gasteiger partial charge is 0.323 e. The van der Waals surface area contributed by atoms with Gasteiger partial charge in [0, 0.05) is 11.6 Å². The van der Waals surface area contributed by atoms with Crippen LogP contribution in [0.25, 0.3) is 0 Å². The van der Waals surface area contributed by atoms with E-state index < -0.39 is 10.9 Å². The Kier molecular flexibility index (Phi) is 3.18. The van der Waals surface area contributed by atoms with Crippen LogP contribution in [0.3, 0.4) is 0 Å². The van der Waals surface area contributed by atoms with Crippen molar-refractivity contribution in [1.29, 1.82) is 0 Å². The fraction of sp³-hybridized carbons (Fsp3) is 0.417. The van der Waals surface area contributed by atoms with Gasteiger partial charge in [0.15, 0.2) is 0 Å². The quantitative estimate of drug-likeness (QED) is 0.637. The van der Waals surface area contributed by atoms with Crippen molar-refractivity contribution < 1.29 is 14.8 Å². The highest BCUT2D eigenvalue weighted by atomic mass is 16.6. The fourth-order valence-electron chi connectivity index (χ4n) is 2.06. The van der Waals surface area contributed by atoms with Gasteiger partial charge in [-0.3, -0.25) is 14.9 Å². The van der Waals surface area contributed by atoms with Crippen LogP contribution in [0.15, 0.2) is 18.2 Å². The highest BCUT2D eigenvalue weighted by Crippen LogP contribution is 2.38. The normalized spacial score (nSPS) is 14.3. The van der Waals surface area contributed by atoms with Gasteiger partial charge >= 0.3 is 5.97 Å². The van der Waals surface area contributed by atoms with Crippen LogP contribution in [-0.2, 0) is 4.79 Å². The number of nitro benzene ring substituents is 1. The van der Waals surface area contributed by atoms with E-state index in [1.807, 2.05) is 0 Å². The van der Waals surface area contributed by atoms with E-state index >= 15 is 0 Å². The van der Waals surface area contributed by atoms with Gasteiger partial charge in [-0.25, -0.2) is 0 Å². The molecule has 96 valence electrons. The molecule has 0 atom stereocenters. The summed E-state index contributed by atoms with van der Waals surface area (Å²) in [4.78, 5) is 23.2. The molecule has 18 heavy (non-hydrogen) atoms. The third-order valence-electron chi connectivity index (χ3n) is 3.00. The van der Waals surface area contributed by atoms with E-state index in [0.717, 1.165) is 12.8 Å². The fourth-order valence-corrected chi connectivity index (χ4v) is 2.06. The molecule has 1 aliphatic rings. The number of carboxylic acids is 1. The number of aliphatic carboxylic acids is 1. The molecule has 1 N–H and O–H groups in total. The first-order valence-corrected chi connectivity index (χ1v) is 5.73. The minimum atomic E-state index is -0.974. The number of para-hydroxylation sites is 1. The Morgan fingerprint density at radius 3 is 2.72 bits per heavy atom. The van der Waals surface area contributed by atoms with Crippen LogP contribution in [-0.4, -0.2) is 28.6 Å². The second-order valence-corrected chi connectivity index (χ2v) is 4.45. The lowest BCUT2D eigenvalue weighted by Gasteiger charge is -2.22. The highest BCUT2D eigenvalue weighted by Gasteiger charge is 2.34. The van der Waals surface area contributed by atoms with Crippen molar-refractivity contribution in [2.75, 3.05) is 11.4 Å². The summed E-state index contributed by atoms with van der Waals surface area (Å²) in [5.41, 5.74) is 0.962. The number of aryl methyl sites for hydroxylation is 1. The topological polar surface area (TPSA) is 83.7 Å². The number of hydrogen-bond donors (Lipinski definition) is 1. The lowest BCUT2D eigenvalue weighted by molar-refractivity contribution is -0.384. The standard InChI is InChI=1S/C12H14N2O4/c1-8-3-2-4-10(12(8)14(17)18)13(7-11(15)16)9-5-6-9/h2-4,9H,5-7H2,1H3,(H,15,16). The summed E-state index contributed by atoms with van der Waals surface area (Å²) in [6.07, 6.45) is 1.77. The van der Waals surface area contributed by atoms with Crippen molar-refractivity contribution in [3.05, 3.63) is 33.9 Å². The van der Waals surface area contributed by atoms with Crippen LogP contribution in [0, 0.1) is 17.0 Å². The van der Waals surface area contributed by atoms with E-state index in [1.54, 1.807) is 30.0 Å². The summed E-state index contributed by atoms with van der Waals surface area (Å²) in [6, 6.07) is 5.11. The molecule has 6 nitrogen and oxygen atoms in total. The molecule has 0 radical (unpaired) electrons. The van der Waals surface area contributed by atoms with E-state index in [9.17, 15) is 14.9 Å². The number of carboxylic acid groups (broad SMARTS) is 1. The van der Waals surface area contributed by atoms with Gasteiger partial charge in [-0.1, -0.05) is 12.1 Å². The molecular weight excluding hydrogens is 236 g/mol. The van der Waals surface area contributed by atoms with Crippen molar-refractivity contribution in [3.63, 3.8) is 0 Å². The first-order chi connectivity index (χ1) is 8.50. The Bertz CT molecular complexity index is 497. The molecule has 1 aliphatic carbocycles. The van der Waals surface area contributed by atoms with E-state index in [0.29, 0.717) is 11.3 Å². The maximum Gasteiger partial charge on any atom is 0.323 e. The third-order valence-corrected chi connectivity index (χ3v) is 3.00. The number of nitrogens with zero attached hydrogens (tertiary/aromatic N) is 2. The Labute approximate surface area is 104 Å². The number of nitro groups is 1. The molecular formula is C12H14N2O4. The molecule has 0 aromatic heterocycles. The molecule has 6 heteroatoms. The molecule has 0 unspecified atom stereocenters. The van der Waals surface area contributed by atoms with Crippen molar-refractivity contribution in [2.24, 2.45) is 0 Å². The Hall–Kier alpha value is -2.11. The SMILES string of the molecule is Cc1cccc(N(CC(=O)O)C2CC2)c1[N+](=O)[O-]. The lowest BCUT2D eigenvalue weighted by atomic mass is 10.1. The molecule has 0 bridgehead atoms.